The quantitative estimate of drug-likeness (QED) is 0.769. The molecule has 0 radical (unpaired) electrons. The number of ether oxygens (including phenoxy) is 1. The Balaban J connectivity index is 1.40. The van der Waals surface area contributed by atoms with Crippen LogP contribution in [-0.4, -0.2) is 81.2 Å². The first kappa shape index (κ1) is 15.7. The first-order chi connectivity index (χ1) is 10.1. The van der Waals surface area contributed by atoms with Gasteiger partial charge in [-0.15, -0.1) is 0 Å². The molecule has 3 saturated heterocycles. The van der Waals surface area contributed by atoms with E-state index in [0.29, 0.717) is 23.7 Å². The van der Waals surface area contributed by atoms with E-state index in [9.17, 15) is 8.42 Å². The Bertz CT molecular complexity index is 412. The molecule has 0 aromatic heterocycles. The zero-order chi connectivity index (χ0) is 14.7. The maximum absolute atomic E-state index is 11.5. The van der Waals surface area contributed by atoms with Crippen LogP contribution < -0.4 is 0 Å². The summed E-state index contributed by atoms with van der Waals surface area (Å²) in [5, 5.41) is 0. The predicted octanol–water partition coefficient (Wildman–Crippen LogP) is 0.750. The summed E-state index contributed by atoms with van der Waals surface area (Å²) < 4.78 is 28.8. The van der Waals surface area contributed by atoms with Crippen LogP contribution in [0.4, 0.5) is 0 Å². The number of sulfone groups is 1. The first-order valence-corrected chi connectivity index (χ1v) is 10.2. The molecule has 0 bridgehead atoms. The molecule has 0 saturated carbocycles. The molecule has 0 unspecified atom stereocenters. The molecular weight excluding hydrogens is 288 g/mol. The Labute approximate surface area is 128 Å². The molecule has 3 heterocycles. The largest absolute Gasteiger partial charge is 0.377 e. The summed E-state index contributed by atoms with van der Waals surface area (Å²) in [5.41, 5.74) is 0. The van der Waals surface area contributed by atoms with Crippen LogP contribution in [0, 0.1) is 0 Å². The van der Waals surface area contributed by atoms with Crippen LogP contribution >= 0.6 is 0 Å². The third kappa shape index (κ3) is 4.41. The fourth-order valence-electron chi connectivity index (χ4n) is 3.80. The fraction of sp³-hybridized carbons (Fsp3) is 1.00. The van der Waals surface area contributed by atoms with Gasteiger partial charge in [0, 0.05) is 32.3 Å². The number of nitrogens with zero attached hydrogens (tertiary/aromatic N) is 2. The molecule has 5 nitrogen and oxygen atoms in total. The maximum Gasteiger partial charge on any atom is 0.152 e. The molecule has 0 aliphatic carbocycles. The predicted molar refractivity (Wildman–Crippen MR) is 83.3 cm³/mol. The average Bonchev–Trinajstić information content (AvgIpc) is 2.49. The van der Waals surface area contributed by atoms with Gasteiger partial charge in [-0.05, 0) is 45.2 Å². The fourth-order valence-corrected chi connectivity index (χ4v) is 5.03. The minimum absolute atomic E-state index is 0.350. The lowest BCUT2D eigenvalue weighted by atomic mass is 10.0. The summed E-state index contributed by atoms with van der Waals surface area (Å²) in [7, 11) is -2.75. The lowest BCUT2D eigenvalue weighted by Gasteiger charge is -2.41. The average molecular weight is 316 g/mol. The van der Waals surface area contributed by atoms with Crippen LogP contribution in [-0.2, 0) is 14.6 Å². The van der Waals surface area contributed by atoms with E-state index in [-0.39, 0.29) is 0 Å². The van der Waals surface area contributed by atoms with Gasteiger partial charge in [-0.25, -0.2) is 8.42 Å². The molecular formula is C15H28N2O3S. The van der Waals surface area contributed by atoms with Crippen LogP contribution in [0.5, 0.6) is 0 Å². The van der Waals surface area contributed by atoms with Crippen molar-refractivity contribution in [1.29, 1.82) is 0 Å². The van der Waals surface area contributed by atoms with E-state index in [4.69, 9.17) is 4.74 Å². The summed E-state index contributed by atoms with van der Waals surface area (Å²) in [6.07, 6.45) is 6.53. The van der Waals surface area contributed by atoms with Crippen LogP contribution in [0.15, 0.2) is 0 Å². The highest BCUT2D eigenvalue weighted by Gasteiger charge is 2.30. The lowest BCUT2D eigenvalue weighted by molar-refractivity contribution is -0.0136. The Morgan fingerprint density at radius 2 is 1.67 bits per heavy atom. The van der Waals surface area contributed by atoms with Crippen molar-refractivity contribution in [1.82, 2.24) is 9.80 Å². The molecule has 0 amide bonds. The van der Waals surface area contributed by atoms with E-state index >= 15 is 0 Å². The second-order valence-corrected chi connectivity index (χ2v) is 9.01. The molecule has 3 rings (SSSR count). The van der Waals surface area contributed by atoms with Crippen LogP contribution in [0.3, 0.4) is 0 Å². The number of likely N-dealkylation sites (tertiary alicyclic amines) is 1. The van der Waals surface area contributed by atoms with Crippen molar-refractivity contribution in [2.75, 3.05) is 50.8 Å². The van der Waals surface area contributed by atoms with E-state index in [1.807, 2.05) is 0 Å². The summed E-state index contributed by atoms with van der Waals surface area (Å²) in [5.74, 6) is 0.701. The van der Waals surface area contributed by atoms with Gasteiger partial charge >= 0.3 is 0 Å². The highest BCUT2D eigenvalue weighted by atomic mass is 32.2. The normalized spacial score (nSPS) is 33.0. The summed E-state index contributed by atoms with van der Waals surface area (Å²) in [6, 6.07) is 0.587. The van der Waals surface area contributed by atoms with Crippen molar-refractivity contribution < 1.29 is 13.2 Å². The number of hydrogen-bond acceptors (Lipinski definition) is 5. The molecule has 122 valence electrons. The molecule has 6 heteroatoms. The highest BCUT2D eigenvalue weighted by molar-refractivity contribution is 7.91. The second kappa shape index (κ2) is 6.94. The molecule has 0 spiro atoms. The molecule has 1 atom stereocenters. The minimum Gasteiger partial charge on any atom is -0.377 e. The summed E-state index contributed by atoms with van der Waals surface area (Å²) in [6.45, 7) is 5.75. The maximum atomic E-state index is 11.5. The third-order valence-corrected chi connectivity index (χ3v) is 6.80. The van der Waals surface area contributed by atoms with E-state index in [1.54, 1.807) is 0 Å². The molecule has 0 aromatic rings. The Morgan fingerprint density at radius 3 is 2.29 bits per heavy atom. The SMILES string of the molecule is O=S1(=O)CCN(C2CCN(C[C@@H]3CCCCO3)CC2)CC1. The van der Waals surface area contributed by atoms with Crippen molar-refractivity contribution in [3.8, 4) is 0 Å². The zero-order valence-corrected chi connectivity index (χ0v) is 13.7. The molecule has 0 N–H and O–H groups in total. The van der Waals surface area contributed by atoms with Crippen molar-refractivity contribution >= 4 is 9.84 Å². The Kier molecular flexibility index (Phi) is 5.19. The van der Waals surface area contributed by atoms with Gasteiger partial charge in [0.1, 0.15) is 0 Å². The monoisotopic (exact) mass is 316 g/mol. The van der Waals surface area contributed by atoms with Crippen LogP contribution in [0.1, 0.15) is 32.1 Å². The number of rotatable bonds is 3. The van der Waals surface area contributed by atoms with Crippen LogP contribution in [0.25, 0.3) is 0 Å². The molecule has 0 aromatic carbocycles. The molecule has 3 aliphatic heterocycles. The van der Waals surface area contributed by atoms with E-state index in [1.165, 1.54) is 32.1 Å². The summed E-state index contributed by atoms with van der Waals surface area (Å²) >= 11 is 0. The molecule has 3 fully saturated rings. The Hall–Kier alpha value is -0.170. The summed E-state index contributed by atoms with van der Waals surface area (Å²) in [4.78, 5) is 4.93. The van der Waals surface area contributed by atoms with E-state index in [2.05, 4.69) is 9.80 Å². The smallest absolute Gasteiger partial charge is 0.152 e. The van der Waals surface area contributed by atoms with Gasteiger partial charge in [0.15, 0.2) is 9.84 Å². The molecule has 21 heavy (non-hydrogen) atoms. The van der Waals surface area contributed by atoms with Gasteiger partial charge < -0.3 is 9.64 Å². The van der Waals surface area contributed by atoms with E-state index in [0.717, 1.165) is 39.3 Å². The van der Waals surface area contributed by atoms with Gasteiger partial charge in [-0.3, -0.25) is 4.90 Å². The van der Waals surface area contributed by atoms with Crippen molar-refractivity contribution in [2.24, 2.45) is 0 Å². The van der Waals surface area contributed by atoms with Crippen LogP contribution in [0.2, 0.25) is 0 Å². The topological polar surface area (TPSA) is 49.9 Å². The number of hydrogen-bond donors (Lipinski definition) is 0. The molecule has 3 aliphatic rings. The zero-order valence-electron chi connectivity index (χ0n) is 12.9. The van der Waals surface area contributed by atoms with Gasteiger partial charge in [0.25, 0.3) is 0 Å². The van der Waals surface area contributed by atoms with Crippen molar-refractivity contribution in [3.63, 3.8) is 0 Å². The third-order valence-electron chi connectivity index (χ3n) is 5.19. The van der Waals surface area contributed by atoms with Gasteiger partial charge in [0.05, 0.1) is 17.6 Å². The first-order valence-electron chi connectivity index (χ1n) is 8.41. The van der Waals surface area contributed by atoms with E-state index < -0.39 is 9.84 Å². The van der Waals surface area contributed by atoms with Gasteiger partial charge in [0.2, 0.25) is 0 Å². The van der Waals surface area contributed by atoms with Gasteiger partial charge in [-0.2, -0.15) is 0 Å². The lowest BCUT2D eigenvalue weighted by Crippen LogP contribution is -2.51. The standard InChI is InChI=1S/C15H28N2O3S/c18-21(19)11-8-17(9-12-21)14-4-6-16(7-5-14)13-15-3-1-2-10-20-15/h14-15H,1-13H2/t15-/m0/s1. The number of piperidine rings is 1. The second-order valence-electron chi connectivity index (χ2n) is 6.71. The van der Waals surface area contributed by atoms with Crippen molar-refractivity contribution in [2.45, 2.75) is 44.2 Å². The van der Waals surface area contributed by atoms with Gasteiger partial charge in [-0.1, -0.05) is 0 Å². The minimum atomic E-state index is -2.75. The highest BCUT2D eigenvalue weighted by Crippen LogP contribution is 2.21. The Morgan fingerprint density at radius 1 is 0.952 bits per heavy atom. The van der Waals surface area contributed by atoms with Crippen molar-refractivity contribution in [3.05, 3.63) is 0 Å².